The third-order valence-corrected chi connectivity index (χ3v) is 4.92. The van der Waals surface area contributed by atoms with Crippen molar-refractivity contribution in [3.63, 3.8) is 0 Å². The molecule has 0 N–H and O–H groups in total. The molecule has 6 nitrogen and oxygen atoms in total. The number of aromatic nitrogens is 2. The Kier molecular flexibility index (Phi) is 5.10. The average Bonchev–Trinajstić information content (AvgIpc) is 3.32. The third-order valence-electron chi connectivity index (χ3n) is 4.92. The minimum absolute atomic E-state index is 0.0677. The maximum absolute atomic E-state index is 12.5. The zero-order valence-electron chi connectivity index (χ0n) is 16.1. The lowest BCUT2D eigenvalue weighted by Gasteiger charge is -2.16. The first-order chi connectivity index (χ1) is 13.6. The Morgan fingerprint density at radius 1 is 1.14 bits per heavy atom. The number of hydrogen-bond donors (Lipinski definition) is 0. The molecule has 0 saturated carbocycles. The molecular weight excluding hydrogens is 354 g/mol. The minimum Gasteiger partial charge on any atom is -0.494 e. The Hall–Kier alpha value is -3.15. The number of nitrogens with zero attached hydrogens (tertiary/aromatic N) is 3. The summed E-state index contributed by atoms with van der Waals surface area (Å²) >= 11 is 0. The van der Waals surface area contributed by atoms with Crippen molar-refractivity contribution in [1.29, 1.82) is 0 Å². The van der Waals surface area contributed by atoms with Crippen LogP contribution in [0.15, 0.2) is 53.1 Å². The van der Waals surface area contributed by atoms with Crippen molar-refractivity contribution >= 4 is 5.91 Å². The monoisotopic (exact) mass is 377 g/mol. The van der Waals surface area contributed by atoms with Crippen LogP contribution < -0.4 is 4.74 Å². The Morgan fingerprint density at radius 2 is 1.89 bits per heavy atom. The van der Waals surface area contributed by atoms with Gasteiger partial charge in [0.25, 0.3) is 0 Å². The van der Waals surface area contributed by atoms with E-state index in [1.807, 2.05) is 67.3 Å². The van der Waals surface area contributed by atoms with E-state index in [0.717, 1.165) is 16.9 Å². The summed E-state index contributed by atoms with van der Waals surface area (Å²) in [7, 11) is 0. The van der Waals surface area contributed by atoms with Crippen LogP contribution in [-0.2, 0) is 11.3 Å². The Labute approximate surface area is 164 Å². The van der Waals surface area contributed by atoms with Crippen molar-refractivity contribution in [2.45, 2.75) is 32.7 Å². The molecule has 2 aromatic carbocycles. The molecule has 1 amide bonds. The van der Waals surface area contributed by atoms with Crippen LogP contribution in [0.2, 0.25) is 0 Å². The van der Waals surface area contributed by atoms with Gasteiger partial charge in [-0.3, -0.25) is 4.79 Å². The lowest BCUT2D eigenvalue weighted by molar-refractivity contribution is -0.128. The summed E-state index contributed by atoms with van der Waals surface area (Å²) < 4.78 is 10.9. The summed E-state index contributed by atoms with van der Waals surface area (Å²) in [6.07, 6.45) is 0.395. The van der Waals surface area contributed by atoms with Crippen molar-refractivity contribution in [2.75, 3.05) is 13.2 Å². The second kappa shape index (κ2) is 7.84. The number of benzene rings is 2. The molecule has 0 aliphatic carbocycles. The lowest BCUT2D eigenvalue weighted by atomic mass is 10.1. The molecule has 1 atom stereocenters. The summed E-state index contributed by atoms with van der Waals surface area (Å²) in [5.41, 5.74) is 3.17. The molecule has 1 fully saturated rings. The molecule has 0 radical (unpaired) electrons. The standard InChI is InChI=1S/C22H23N3O3/c1-3-27-19-10-6-16(7-11-19)13-25-14-18(12-20(25)26)22-23-21(24-28-22)17-8-4-15(2)5-9-17/h4-11,18H,3,12-14H2,1-2H3. The fraction of sp³-hybridized carbons (Fsp3) is 0.318. The van der Waals surface area contributed by atoms with Gasteiger partial charge < -0.3 is 14.2 Å². The molecule has 144 valence electrons. The molecule has 1 aliphatic rings. The van der Waals surface area contributed by atoms with E-state index in [1.54, 1.807) is 0 Å². The Morgan fingerprint density at radius 3 is 2.61 bits per heavy atom. The molecular formula is C22H23N3O3. The molecule has 4 rings (SSSR count). The highest BCUT2D eigenvalue weighted by Crippen LogP contribution is 2.30. The van der Waals surface area contributed by atoms with Crippen molar-refractivity contribution in [3.8, 4) is 17.1 Å². The van der Waals surface area contributed by atoms with Gasteiger partial charge >= 0.3 is 0 Å². The fourth-order valence-corrected chi connectivity index (χ4v) is 3.39. The third kappa shape index (κ3) is 3.91. The first-order valence-electron chi connectivity index (χ1n) is 9.52. The largest absolute Gasteiger partial charge is 0.494 e. The smallest absolute Gasteiger partial charge is 0.232 e. The van der Waals surface area contributed by atoms with Crippen LogP contribution >= 0.6 is 0 Å². The number of amides is 1. The minimum atomic E-state index is -0.0677. The SMILES string of the molecule is CCOc1ccc(CN2CC(c3nc(-c4ccc(C)cc4)no3)CC2=O)cc1. The molecule has 2 heterocycles. The highest BCUT2D eigenvalue weighted by molar-refractivity contribution is 5.79. The zero-order valence-corrected chi connectivity index (χ0v) is 16.1. The normalized spacial score (nSPS) is 16.6. The highest BCUT2D eigenvalue weighted by Gasteiger charge is 2.34. The van der Waals surface area contributed by atoms with Gasteiger partial charge in [0.1, 0.15) is 5.75 Å². The number of likely N-dealkylation sites (tertiary alicyclic amines) is 1. The number of carbonyl (C=O) groups is 1. The number of hydrogen-bond acceptors (Lipinski definition) is 5. The summed E-state index contributed by atoms with van der Waals surface area (Å²) in [6.45, 7) is 5.79. The predicted octanol–water partition coefficient (Wildman–Crippen LogP) is 3.96. The van der Waals surface area contributed by atoms with Gasteiger partial charge in [0, 0.05) is 25.1 Å². The van der Waals surface area contributed by atoms with Gasteiger partial charge in [-0.05, 0) is 31.5 Å². The van der Waals surface area contributed by atoms with E-state index in [2.05, 4.69) is 10.1 Å². The van der Waals surface area contributed by atoms with Crippen molar-refractivity contribution in [3.05, 3.63) is 65.5 Å². The van der Waals surface area contributed by atoms with Crippen LogP contribution in [0.1, 0.15) is 36.3 Å². The highest BCUT2D eigenvalue weighted by atomic mass is 16.5. The number of aryl methyl sites for hydroxylation is 1. The van der Waals surface area contributed by atoms with Crippen LogP contribution in [0.5, 0.6) is 5.75 Å². The number of ether oxygens (including phenoxy) is 1. The topological polar surface area (TPSA) is 68.5 Å². The van der Waals surface area contributed by atoms with Gasteiger partial charge in [0.2, 0.25) is 17.6 Å². The molecule has 6 heteroatoms. The van der Waals surface area contributed by atoms with Gasteiger partial charge in [-0.25, -0.2) is 0 Å². The maximum Gasteiger partial charge on any atom is 0.232 e. The first-order valence-corrected chi connectivity index (χ1v) is 9.52. The van der Waals surface area contributed by atoms with Gasteiger partial charge in [0.05, 0.1) is 12.5 Å². The van der Waals surface area contributed by atoms with E-state index < -0.39 is 0 Å². The van der Waals surface area contributed by atoms with Gasteiger partial charge in [-0.2, -0.15) is 4.98 Å². The van der Waals surface area contributed by atoms with Crippen LogP contribution in [-0.4, -0.2) is 34.1 Å². The second-order valence-electron chi connectivity index (χ2n) is 7.07. The summed E-state index contributed by atoms with van der Waals surface area (Å²) in [4.78, 5) is 18.8. The molecule has 0 spiro atoms. The maximum atomic E-state index is 12.5. The zero-order chi connectivity index (χ0) is 19.5. The van der Waals surface area contributed by atoms with Gasteiger partial charge in [-0.15, -0.1) is 0 Å². The van der Waals surface area contributed by atoms with E-state index in [-0.39, 0.29) is 11.8 Å². The summed E-state index contributed by atoms with van der Waals surface area (Å²) in [5, 5.41) is 4.09. The molecule has 3 aromatic rings. The fourth-order valence-electron chi connectivity index (χ4n) is 3.39. The predicted molar refractivity (Wildman–Crippen MR) is 105 cm³/mol. The van der Waals surface area contributed by atoms with E-state index in [1.165, 1.54) is 5.56 Å². The second-order valence-corrected chi connectivity index (χ2v) is 7.07. The molecule has 1 unspecified atom stereocenters. The van der Waals surface area contributed by atoms with Crippen LogP contribution in [0, 0.1) is 6.92 Å². The molecule has 0 bridgehead atoms. The molecule has 1 aliphatic heterocycles. The first kappa shape index (κ1) is 18.2. The summed E-state index contributed by atoms with van der Waals surface area (Å²) in [6, 6.07) is 15.8. The van der Waals surface area contributed by atoms with Gasteiger partial charge in [-0.1, -0.05) is 47.1 Å². The Balaban J connectivity index is 1.42. The van der Waals surface area contributed by atoms with E-state index in [9.17, 15) is 4.79 Å². The summed E-state index contributed by atoms with van der Waals surface area (Å²) in [5.74, 6) is 1.97. The number of carbonyl (C=O) groups excluding carboxylic acids is 1. The quantitative estimate of drug-likeness (QED) is 0.650. The molecule has 1 saturated heterocycles. The lowest BCUT2D eigenvalue weighted by Crippen LogP contribution is -2.24. The van der Waals surface area contributed by atoms with Crippen LogP contribution in [0.3, 0.4) is 0 Å². The van der Waals surface area contributed by atoms with E-state index >= 15 is 0 Å². The Bertz CT molecular complexity index is 948. The molecule has 28 heavy (non-hydrogen) atoms. The van der Waals surface area contributed by atoms with E-state index in [0.29, 0.717) is 37.8 Å². The van der Waals surface area contributed by atoms with E-state index in [4.69, 9.17) is 9.26 Å². The van der Waals surface area contributed by atoms with Crippen molar-refractivity contribution in [2.24, 2.45) is 0 Å². The number of rotatable bonds is 6. The van der Waals surface area contributed by atoms with Crippen LogP contribution in [0.25, 0.3) is 11.4 Å². The van der Waals surface area contributed by atoms with Crippen molar-refractivity contribution in [1.82, 2.24) is 15.0 Å². The molecule has 1 aromatic heterocycles. The van der Waals surface area contributed by atoms with Gasteiger partial charge in [0.15, 0.2) is 0 Å². The average molecular weight is 377 g/mol. The van der Waals surface area contributed by atoms with Crippen molar-refractivity contribution < 1.29 is 14.1 Å². The van der Waals surface area contributed by atoms with Crippen LogP contribution in [0.4, 0.5) is 0 Å².